The van der Waals surface area contributed by atoms with Crippen LogP contribution in [0.15, 0.2) is 0 Å². The Bertz CT molecular complexity index is 380. The Hall–Kier alpha value is -1.99. The summed E-state index contributed by atoms with van der Waals surface area (Å²) >= 11 is 0. The Kier molecular flexibility index (Phi) is 3.77. The van der Waals surface area contributed by atoms with E-state index in [4.69, 9.17) is 10.5 Å². The SMILES string of the molecule is CC(C)(C)OC(=O)NC(CC(N)=O)c1n[nH][nH]1. The molecule has 0 spiro atoms. The number of carbonyl (C=O) groups excluding carboxylic acids is 2. The van der Waals surface area contributed by atoms with Gasteiger partial charge >= 0.3 is 6.09 Å². The van der Waals surface area contributed by atoms with E-state index in [1.807, 2.05) is 0 Å². The minimum absolute atomic E-state index is 0.0489. The topological polar surface area (TPSA) is 126 Å². The highest BCUT2D eigenvalue weighted by Gasteiger charge is 2.24. The molecule has 17 heavy (non-hydrogen) atoms. The molecule has 1 aromatic rings. The first-order valence-electron chi connectivity index (χ1n) is 5.14. The van der Waals surface area contributed by atoms with Gasteiger partial charge in [0.15, 0.2) is 5.82 Å². The van der Waals surface area contributed by atoms with Crippen LogP contribution in [0.1, 0.15) is 39.1 Å². The molecule has 0 radical (unpaired) electrons. The van der Waals surface area contributed by atoms with E-state index >= 15 is 0 Å². The summed E-state index contributed by atoms with van der Waals surface area (Å²) in [5, 5.41) is 11.3. The third-order valence-corrected chi connectivity index (χ3v) is 1.79. The smallest absolute Gasteiger partial charge is 0.408 e. The van der Waals surface area contributed by atoms with Gasteiger partial charge in [-0.1, -0.05) is 0 Å². The monoisotopic (exact) mass is 243 g/mol. The second-order valence-electron chi connectivity index (χ2n) is 4.60. The van der Waals surface area contributed by atoms with E-state index in [0.29, 0.717) is 5.82 Å². The minimum atomic E-state index is -0.625. The van der Waals surface area contributed by atoms with Gasteiger partial charge in [-0.25, -0.2) is 10.0 Å². The molecule has 0 bridgehead atoms. The van der Waals surface area contributed by atoms with Crippen molar-refractivity contribution in [1.29, 1.82) is 0 Å². The average molecular weight is 243 g/mol. The van der Waals surface area contributed by atoms with Crippen LogP contribution in [0.4, 0.5) is 4.79 Å². The summed E-state index contributed by atoms with van der Waals surface area (Å²) in [6.45, 7) is 5.24. The van der Waals surface area contributed by atoms with Crippen molar-refractivity contribution in [2.75, 3.05) is 0 Å². The second-order valence-corrected chi connectivity index (χ2v) is 4.60. The summed E-state index contributed by atoms with van der Waals surface area (Å²) in [5.74, 6) is -0.0999. The third-order valence-electron chi connectivity index (χ3n) is 1.79. The molecule has 8 heteroatoms. The summed E-state index contributed by atoms with van der Waals surface area (Å²) in [6, 6.07) is -0.608. The van der Waals surface area contributed by atoms with Crippen molar-refractivity contribution < 1.29 is 14.3 Å². The van der Waals surface area contributed by atoms with Gasteiger partial charge in [-0.15, -0.1) is 5.10 Å². The number of carbonyl (C=O) groups is 2. The number of alkyl carbamates (subject to hydrolysis) is 1. The molecular weight excluding hydrogens is 226 g/mol. The number of amides is 2. The summed E-state index contributed by atoms with van der Waals surface area (Å²) in [5.41, 5.74) is 4.48. The van der Waals surface area contributed by atoms with Crippen LogP contribution < -0.4 is 11.1 Å². The van der Waals surface area contributed by atoms with E-state index in [1.54, 1.807) is 20.8 Å². The molecule has 0 fully saturated rings. The maximum absolute atomic E-state index is 11.5. The van der Waals surface area contributed by atoms with Gasteiger partial charge in [0.25, 0.3) is 0 Å². The Labute approximate surface area is 98.3 Å². The third kappa shape index (κ3) is 4.58. The second kappa shape index (κ2) is 4.89. The van der Waals surface area contributed by atoms with Gasteiger partial charge in [0.2, 0.25) is 5.91 Å². The van der Waals surface area contributed by atoms with Crippen LogP contribution in [0.2, 0.25) is 0 Å². The Balaban J connectivity index is 2.57. The molecule has 1 atom stereocenters. The zero-order valence-corrected chi connectivity index (χ0v) is 10.0. The minimum Gasteiger partial charge on any atom is -0.444 e. The molecule has 96 valence electrons. The van der Waals surface area contributed by atoms with Crippen LogP contribution in [0.25, 0.3) is 0 Å². The fourth-order valence-electron chi connectivity index (χ4n) is 1.15. The van der Waals surface area contributed by atoms with E-state index in [-0.39, 0.29) is 6.42 Å². The highest BCUT2D eigenvalue weighted by molar-refractivity contribution is 5.76. The van der Waals surface area contributed by atoms with Crippen molar-refractivity contribution >= 4 is 12.0 Å². The lowest BCUT2D eigenvalue weighted by Crippen LogP contribution is -2.38. The molecule has 0 aromatic carbocycles. The fraction of sp³-hybridized carbons (Fsp3) is 0.667. The zero-order valence-electron chi connectivity index (χ0n) is 10.0. The highest BCUT2D eigenvalue weighted by atomic mass is 16.6. The van der Waals surface area contributed by atoms with Crippen LogP contribution in [0, 0.1) is 0 Å². The van der Waals surface area contributed by atoms with Crippen molar-refractivity contribution in [2.45, 2.75) is 38.8 Å². The van der Waals surface area contributed by atoms with E-state index < -0.39 is 23.6 Å². The number of rotatable bonds is 4. The summed E-state index contributed by atoms with van der Waals surface area (Å²) in [4.78, 5) is 22.4. The normalized spacial score (nSPS) is 13.1. The number of aromatic nitrogens is 3. The van der Waals surface area contributed by atoms with Gasteiger partial charge in [-0.2, -0.15) is 0 Å². The van der Waals surface area contributed by atoms with Crippen LogP contribution in [0.3, 0.4) is 0 Å². The largest absolute Gasteiger partial charge is 0.444 e. The van der Waals surface area contributed by atoms with Crippen molar-refractivity contribution in [1.82, 2.24) is 20.7 Å². The van der Waals surface area contributed by atoms with E-state index in [9.17, 15) is 9.59 Å². The number of primary amides is 1. The van der Waals surface area contributed by atoms with Crippen LogP contribution in [-0.4, -0.2) is 33.0 Å². The first-order chi connectivity index (χ1) is 7.78. The molecule has 1 unspecified atom stereocenters. The van der Waals surface area contributed by atoms with Gasteiger partial charge in [-0.3, -0.25) is 9.89 Å². The molecule has 2 amide bonds. The Morgan fingerprint density at radius 2 is 2.12 bits per heavy atom. The van der Waals surface area contributed by atoms with Gasteiger partial charge in [0, 0.05) is 0 Å². The predicted octanol–water partition coefficient (Wildman–Crippen LogP) is 0.179. The highest BCUT2D eigenvalue weighted by Crippen LogP contribution is 2.13. The number of H-pyrrole nitrogens is 2. The summed E-state index contributed by atoms with van der Waals surface area (Å²) in [7, 11) is 0. The lowest BCUT2D eigenvalue weighted by molar-refractivity contribution is -0.118. The van der Waals surface area contributed by atoms with Crippen molar-refractivity contribution in [3.63, 3.8) is 0 Å². The number of nitrogens with two attached hydrogens (primary N) is 1. The molecule has 5 N–H and O–H groups in total. The lowest BCUT2D eigenvalue weighted by Gasteiger charge is -2.23. The molecule has 1 aromatic heterocycles. The first-order valence-corrected chi connectivity index (χ1v) is 5.14. The first kappa shape index (κ1) is 13.1. The fourth-order valence-corrected chi connectivity index (χ4v) is 1.15. The van der Waals surface area contributed by atoms with Crippen molar-refractivity contribution in [2.24, 2.45) is 5.73 Å². The number of hydrogen-bond donors (Lipinski definition) is 4. The number of nitrogens with one attached hydrogen (secondary N) is 3. The van der Waals surface area contributed by atoms with Crippen LogP contribution >= 0.6 is 0 Å². The quantitative estimate of drug-likeness (QED) is 0.601. The van der Waals surface area contributed by atoms with E-state index in [1.165, 1.54) is 0 Å². The maximum Gasteiger partial charge on any atom is 0.408 e. The Morgan fingerprint density at radius 3 is 2.47 bits per heavy atom. The molecule has 8 nitrogen and oxygen atoms in total. The van der Waals surface area contributed by atoms with Crippen molar-refractivity contribution in [3.8, 4) is 0 Å². The molecule has 0 aliphatic rings. The summed E-state index contributed by atoms with van der Waals surface area (Å²) in [6.07, 6.45) is -0.674. The molecule has 0 saturated carbocycles. The predicted molar refractivity (Wildman–Crippen MR) is 58.9 cm³/mol. The molecule has 1 heterocycles. The number of hydrogen-bond acceptors (Lipinski definition) is 4. The lowest BCUT2D eigenvalue weighted by atomic mass is 10.2. The van der Waals surface area contributed by atoms with E-state index in [0.717, 1.165) is 0 Å². The number of nitrogens with zero attached hydrogens (tertiary/aromatic N) is 1. The van der Waals surface area contributed by atoms with Gasteiger partial charge < -0.3 is 15.8 Å². The van der Waals surface area contributed by atoms with Crippen LogP contribution in [0.5, 0.6) is 0 Å². The molecule has 0 saturated heterocycles. The molecular formula is C9H17N5O3. The zero-order chi connectivity index (χ0) is 13.1. The molecule has 0 aliphatic heterocycles. The van der Waals surface area contributed by atoms with Gasteiger partial charge in [0.05, 0.1) is 6.42 Å². The van der Waals surface area contributed by atoms with Crippen molar-refractivity contribution in [3.05, 3.63) is 5.82 Å². The summed E-state index contributed by atoms with van der Waals surface area (Å²) < 4.78 is 5.06. The average Bonchev–Trinajstić information content (AvgIpc) is 1.93. The van der Waals surface area contributed by atoms with Gasteiger partial charge in [-0.05, 0) is 20.8 Å². The molecule has 0 aliphatic carbocycles. The maximum atomic E-state index is 11.5. The molecule has 1 rings (SSSR count). The number of ether oxygens (including phenoxy) is 1. The standard InChI is InChI=1S/C9H17N5O3/c1-9(2,3)17-8(16)11-5(4-6(10)15)7-12-14-13-7/h5,14H,4H2,1-3H3,(H2,10,15)(H,11,16)(H,12,13). The number of aromatic amines is 2. The van der Waals surface area contributed by atoms with Crippen LogP contribution in [-0.2, 0) is 9.53 Å². The van der Waals surface area contributed by atoms with E-state index in [2.05, 4.69) is 20.7 Å². The Morgan fingerprint density at radius 1 is 1.53 bits per heavy atom. The van der Waals surface area contributed by atoms with Gasteiger partial charge in [0.1, 0.15) is 11.6 Å².